The third-order valence-electron chi connectivity index (χ3n) is 1.62. The number of sulfonamides is 1. The molecule has 0 fully saturated rings. The molecule has 0 heterocycles. The molecule has 0 saturated heterocycles. The van der Waals surface area contributed by atoms with Crippen LogP contribution in [0.3, 0.4) is 0 Å². The van der Waals surface area contributed by atoms with Crippen LogP contribution in [0.2, 0.25) is 5.02 Å². The molecule has 84 valence electrons. The van der Waals surface area contributed by atoms with E-state index in [4.69, 9.17) is 23.2 Å². The summed E-state index contributed by atoms with van der Waals surface area (Å²) in [5.41, 5.74) is 0.565. The quantitative estimate of drug-likeness (QED) is 0.853. The highest BCUT2D eigenvalue weighted by Gasteiger charge is 2.08. The van der Waals surface area contributed by atoms with E-state index in [9.17, 15) is 12.8 Å². The summed E-state index contributed by atoms with van der Waals surface area (Å²) in [6.07, 6.45) is 0. The molecule has 0 bridgehead atoms. The Morgan fingerprint density at radius 3 is 2.60 bits per heavy atom. The van der Waals surface area contributed by atoms with Gasteiger partial charge in [-0.2, -0.15) is 0 Å². The largest absolute Gasteiger partial charge is 0.225 e. The summed E-state index contributed by atoms with van der Waals surface area (Å²) in [7, 11) is -3.46. The SMILES string of the molecule is O=S(=O)(CCl)NCc1ccc(F)c(Cl)c1. The molecule has 0 aliphatic rings. The summed E-state index contributed by atoms with van der Waals surface area (Å²) in [5.74, 6) is -0.541. The fraction of sp³-hybridized carbons (Fsp3) is 0.250. The minimum Gasteiger partial charge on any atom is -0.211 e. The number of nitrogens with one attached hydrogen (secondary N) is 1. The molecule has 1 N–H and O–H groups in total. The normalized spacial score (nSPS) is 11.7. The molecular formula is C8H8Cl2FNO2S. The molecule has 3 nitrogen and oxygen atoms in total. The Balaban J connectivity index is 2.71. The van der Waals surface area contributed by atoms with E-state index >= 15 is 0 Å². The van der Waals surface area contributed by atoms with Gasteiger partial charge in [0.15, 0.2) is 0 Å². The second kappa shape index (κ2) is 5.12. The van der Waals surface area contributed by atoms with Crippen LogP contribution in [0.5, 0.6) is 0 Å². The van der Waals surface area contributed by atoms with Crippen LogP contribution in [-0.2, 0) is 16.6 Å². The van der Waals surface area contributed by atoms with E-state index in [-0.39, 0.29) is 11.6 Å². The molecule has 1 aromatic rings. The smallest absolute Gasteiger partial charge is 0.211 e. The van der Waals surface area contributed by atoms with Crippen molar-refractivity contribution in [3.63, 3.8) is 0 Å². The Morgan fingerprint density at radius 2 is 2.07 bits per heavy atom. The van der Waals surface area contributed by atoms with Gasteiger partial charge in [-0.05, 0) is 17.7 Å². The lowest BCUT2D eigenvalue weighted by atomic mass is 10.2. The van der Waals surface area contributed by atoms with E-state index in [0.29, 0.717) is 5.56 Å². The third kappa shape index (κ3) is 3.95. The van der Waals surface area contributed by atoms with Crippen LogP contribution < -0.4 is 4.72 Å². The minimum atomic E-state index is -3.46. The lowest BCUT2D eigenvalue weighted by molar-refractivity contribution is 0.586. The molecule has 0 atom stereocenters. The van der Waals surface area contributed by atoms with Gasteiger partial charge in [-0.1, -0.05) is 17.7 Å². The lowest BCUT2D eigenvalue weighted by Gasteiger charge is -2.04. The maximum atomic E-state index is 12.7. The van der Waals surface area contributed by atoms with Crippen molar-refractivity contribution in [1.29, 1.82) is 0 Å². The molecule has 15 heavy (non-hydrogen) atoms. The van der Waals surface area contributed by atoms with Gasteiger partial charge in [-0.3, -0.25) is 0 Å². The van der Waals surface area contributed by atoms with Gasteiger partial charge in [-0.25, -0.2) is 17.5 Å². The van der Waals surface area contributed by atoms with Crippen LogP contribution in [0.15, 0.2) is 18.2 Å². The number of hydrogen-bond acceptors (Lipinski definition) is 2. The van der Waals surface area contributed by atoms with Gasteiger partial charge in [0.2, 0.25) is 10.0 Å². The first-order chi connectivity index (χ1) is 6.94. The summed E-state index contributed by atoms with van der Waals surface area (Å²) < 4.78 is 36.9. The number of alkyl halides is 1. The van der Waals surface area contributed by atoms with E-state index in [0.717, 1.165) is 0 Å². The molecule has 0 radical (unpaired) electrons. The zero-order valence-electron chi connectivity index (χ0n) is 7.50. The van der Waals surface area contributed by atoms with Gasteiger partial charge in [0.25, 0.3) is 0 Å². The maximum Gasteiger partial charge on any atom is 0.225 e. The lowest BCUT2D eigenvalue weighted by Crippen LogP contribution is -2.23. The molecule has 0 saturated carbocycles. The molecule has 0 aliphatic heterocycles. The van der Waals surface area contributed by atoms with E-state index in [1.807, 2.05) is 0 Å². The molecule has 0 unspecified atom stereocenters. The van der Waals surface area contributed by atoms with Gasteiger partial charge < -0.3 is 0 Å². The Kier molecular flexibility index (Phi) is 4.33. The highest BCUT2D eigenvalue weighted by Crippen LogP contribution is 2.15. The Hall–Kier alpha value is -0.360. The summed E-state index contributed by atoms with van der Waals surface area (Å²) in [5, 5.41) is -0.556. The molecule has 1 aromatic carbocycles. The zero-order chi connectivity index (χ0) is 11.5. The summed E-state index contributed by atoms with van der Waals surface area (Å²) >= 11 is 10.7. The summed E-state index contributed by atoms with van der Waals surface area (Å²) in [6.45, 7) is 0.0368. The first kappa shape index (κ1) is 12.7. The van der Waals surface area contributed by atoms with Crippen LogP contribution in [0.25, 0.3) is 0 Å². The Labute approximate surface area is 97.2 Å². The van der Waals surface area contributed by atoms with E-state index < -0.39 is 21.1 Å². The van der Waals surface area contributed by atoms with Gasteiger partial charge in [-0.15, -0.1) is 11.6 Å². The molecule has 0 aliphatic carbocycles. The van der Waals surface area contributed by atoms with E-state index in [2.05, 4.69) is 4.72 Å². The van der Waals surface area contributed by atoms with Crippen molar-refractivity contribution >= 4 is 33.2 Å². The highest BCUT2D eigenvalue weighted by atomic mass is 35.5. The molecule has 0 aromatic heterocycles. The van der Waals surface area contributed by atoms with Gasteiger partial charge in [0.1, 0.15) is 11.0 Å². The van der Waals surface area contributed by atoms with E-state index in [1.165, 1.54) is 18.2 Å². The average Bonchev–Trinajstić information content (AvgIpc) is 2.20. The first-order valence-electron chi connectivity index (χ1n) is 3.92. The second-order valence-corrected chi connectivity index (χ2v) is 5.59. The van der Waals surface area contributed by atoms with Crippen molar-refractivity contribution in [2.75, 3.05) is 5.21 Å². The van der Waals surface area contributed by atoms with E-state index in [1.54, 1.807) is 0 Å². The standard InChI is InChI=1S/C8H8Cl2FNO2S/c9-5-15(13,14)12-4-6-1-2-8(11)7(10)3-6/h1-3,12H,4-5H2. The van der Waals surface area contributed by atoms with Crippen molar-refractivity contribution in [1.82, 2.24) is 4.72 Å². The number of halogens is 3. The zero-order valence-corrected chi connectivity index (χ0v) is 9.83. The molecular weight excluding hydrogens is 264 g/mol. The Morgan fingerprint density at radius 1 is 1.40 bits per heavy atom. The van der Waals surface area contributed by atoms with Gasteiger partial charge in [0, 0.05) is 6.54 Å². The predicted molar refractivity (Wildman–Crippen MR) is 57.9 cm³/mol. The summed E-state index contributed by atoms with van der Waals surface area (Å²) in [4.78, 5) is 0. The van der Waals surface area contributed by atoms with Crippen molar-refractivity contribution in [2.24, 2.45) is 0 Å². The predicted octanol–water partition coefficient (Wildman–Crippen LogP) is 2.09. The topological polar surface area (TPSA) is 46.2 Å². The van der Waals surface area contributed by atoms with Crippen molar-refractivity contribution in [3.05, 3.63) is 34.6 Å². The van der Waals surface area contributed by atoms with Crippen LogP contribution >= 0.6 is 23.2 Å². The number of rotatable bonds is 4. The molecule has 7 heteroatoms. The third-order valence-corrected chi connectivity index (χ3v) is 3.65. The van der Waals surface area contributed by atoms with Crippen LogP contribution in [0, 0.1) is 5.82 Å². The average molecular weight is 272 g/mol. The summed E-state index contributed by atoms with van der Waals surface area (Å²) in [6, 6.07) is 3.97. The van der Waals surface area contributed by atoms with Gasteiger partial charge >= 0.3 is 0 Å². The molecule has 0 spiro atoms. The Bertz CT molecular complexity index is 450. The maximum absolute atomic E-state index is 12.7. The van der Waals surface area contributed by atoms with Crippen molar-refractivity contribution in [3.8, 4) is 0 Å². The van der Waals surface area contributed by atoms with Crippen LogP contribution in [0.1, 0.15) is 5.56 Å². The highest BCUT2D eigenvalue weighted by molar-refractivity contribution is 7.90. The van der Waals surface area contributed by atoms with Crippen LogP contribution in [-0.4, -0.2) is 13.6 Å². The molecule has 0 amide bonds. The monoisotopic (exact) mass is 271 g/mol. The van der Waals surface area contributed by atoms with Gasteiger partial charge in [0.05, 0.1) is 5.02 Å². The number of benzene rings is 1. The first-order valence-corrected chi connectivity index (χ1v) is 6.48. The van der Waals surface area contributed by atoms with Crippen molar-refractivity contribution in [2.45, 2.75) is 6.54 Å². The molecule has 1 rings (SSSR count). The number of hydrogen-bond donors (Lipinski definition) is 1. The van der Waals surface area contributed by atoms with Crippen molar-refractivity contribution < 1.29 is 12.8 Å². The van der Waals surface area contributed by atoms with Crippen LogP contribution in [0.4, 0.5) is 4.39 Å². The minimum absolute atomic E-state index is 0.0368. The second-order valence-electron chi connectivity index (χ2n) is 2.79. The fourth-order valence-electron chi connectivity index (χ4n) is 0.881. The fourth-order valence-corrected chi connectivity index (χ4v) is 1.78.